The molecule has 6 heteroatoms. The fourth-order valence-electron chi connectivity index (χ4n) is 1.64. The SMILES string of the molecule is CCOc1ncccc1CNC(=O)C(N)C(C)CC.Cl. The van der Waals surface area contributed by atoms with Gasteiger partial charge in [0.05, 0.1) is 12.6 Å². The summed E-state index contributed by atoms with van der Waals surface area (Å²) < 4.78 is 5.40. The molecule has 1 aromatic rings. The van der Waals surface area contributed by atoms with Crippen LogP contribution < -0.4 is 15.8 Å². The number of pyridine rings is 1. The van der Waals surface area contributed by atoms with Crippen LogP contribution in [0.2, 0.25) is 0 Å². The fraction of sp³-hybridized carbons (Fsp3) is 0.571. The summed E-state index contributed by atoms with van der Waals surface area (Å²) in [6.45, 7) is 6.82. The van der Waals surface area contributed by atoms with E-state index in [2.05, 4.69) is 10.3 Å². The Kier molecular flexibility index (Phi) is 8.92. The number of nitrogens with two attached hydrogens (primary N) is 1. The van der Waals surface area contributed by atoms with Gasteiger partial charge >= 0.3 is 0 Å². The second-order valence-corrected chi connectivity index (χ2v) is 4.53. The van der Waals surface area contributed by atoms with Crippen molar-refractivity contribution in [1.82, 2.24) is 10.3 Å². The summed E-state index contributed by atoms with van der Waals surface area (Å²) in [6, 6.07) is 3.23. The average Bonchev–Trinajstić information content (AvgIpc) is 2.44. The predicted octanol–water partition coefficient (Wildman–Crippen LogP) is 1.89. The standard InChI is InChI=1S/C14H23N3O2.ClH/c1-4-10(3)12(15)13(18)17-9-11-7-6-8-16-14(11)19-5-2;/h6-8,10,12H,4-5,9,15H2,1-3H3,(H,17,18);1H. The van der Waals surface area contributed by atoms with Crippen LogP contribution in [0.4, 0.5) is 0 Å². The molecule has 1 heterocycles. The number of aromatic nitrogens is 1. The maximum absolute atomic E-state index is 11.9. The molecule has 5 nitrogen and oxygen atoms in total. The molecule has 2 unspecified atom stereocenters. The molecule has 0 radical (unpaired) electrons. The summed E-state index contributed by atoms with van der Waals surface area (Å²) in [6.07, 6.45) is 2.55. The molecule has 2 atom stereocenters. The van der Waals surface area contributed by atoms with E-state index in [1.165, 1.54) is 0 Å². The maximum atomic E-state index is 11.9. The highest BCUT2D eigenvalue weighted by Gasteiger charge is 2.19. The van der Waals surface area contributed by atoms with Crippen molar-refractivity contribution >= 4 is 18.3 Å². The van der Waals surface area contributed by atoms with E-state index in [0.717, 1.165) is 12.0 Å². The molecule has 0 spiro atoms. The molecule has 1 aromatic heterocycles. The van der Waals surface area contributed by atoms with E-state index < -0.39 is 6.04 Å². The van der Waals surface area contributed by atoms with E-state index >= 15 is 0 Å². The molecule has 20 heavy (non-hydrogen) atoms. The lowest BCUT2D eigenvalue weighted by Crippen LogP contribution is -2.44. The number of carbonyl (C=O) groups excluding carboxylic acids is 1. The minimum Gasteiger partial charge on any atom is -0.478 e. The summed E-state index contributed by atoms with van der Waals surface area (Å²) in [5, 5.41) is 2.83. The predicted molar refractivity (Wildman–Crippen MR) is 81.9 cm³/mol. The second-order valence-electron chi connectivity index (χ2n) is 4.53. The molecule has 0 aromatic carbocycles. The van der Waals surface area contributed by atoms with Crippen LogP contribution in [0.5, 0.6) is 5.88 Å². The molecular weight excluding hydrogens is 278 g/mol. The lowest BCUT2D eigenvalue weighted by molar-refractivity contribution is -0.123. The van der Waals surface area contributed by atoms with Crippen molar-refractivity contribution in [3.8, 4) is 5.88 Å². The van der Waals surface area contributed by atoms with Crippen LogP contribution in [0.15, 0.2) is 18.3 Å². The Bertz CT molecular complexity index is 415. The Morgan fingerprint density at radius 2 is 2.20 bits per heavy atom. The van der Waals surface area contributed by atoms with E-state index in [-0.39, 0.29) is 24.2 Å². The average molecular weight is 302 g/mol. The maximum Gasteiger partial charge on any atom is 0.237 e. The Hall–Kier alpha value is -1.33. The number of carbonyl (C=O) groups is 1. The van der Waals surface area contributed by atoms with Gasteiger partial charge in [0.1, 0.15) is 0 Å². The quantitative estimate of drug-likeness (QED) is 0.806. The van der Waals surface area contributed by atoms with Gasteiger partial charge < -0.3 is 15.8 Å². The zero-order chi connectivity index (χ0) is 14.3. The van der Waals surface area contributed by atoms with Gasteiger partial charge in [0, 0.05) is 18.3 Å². The van der Waals surface area contributed by atoms with Crippen LogP contribution in [0.1, 0.15) is 32.8 Å². The highest BCUT2D eigenvalue weighted by atomic mass is 35.5. The summed E-state index contributed by atoms with van der Waals surface area (Å²) in [7, 11) is 0. The molecule has 0 saturated heterocycles. The van der Waals surface area contributed by atoms with Crippen LogP contribution in [-0.4, -0.2) is 23.5 Å². The number of halogens is 1. The van der Waals surface area contributed by atoms with Gasteiger partial charge in [-0.3, -0.25) is 4.79 Å². The van der Waals surface area contributed by atoms with Crippen molar-refractivity contribution in [2.45, 2.75) is 39.8 Å². The van der Waals surface area contributed by atoms with Crippen molar-refractivity contribution in [1.29, 1.82) is 0 Å². The van der Waals surface area contributed by atoms with Gasteiger partial charge in [0.15, 0.2) is 0 Å². The number of hydrogen-bond acceptors (Lipinski definition) is 4. The van der Waals surface area contributed by atoms with Crippen molar-refractivity contribution in [3.05, 3.63) is 23.9 Å². The zero-order valence-corrected chi connectivity index (χ0v) is 13.1. The molecule has 1 amide bonds. The van der Waals surface area contributed by atoms with E-state index in [1.54, 1.807) is 6.20 Å². The number of hydrogen-bond donors (Lipinski definition) is 2. The highest BCUT2D eigenvalue weighted by molar-refractivity contribution is 5.85. The zero-order valence-electron chi connectivity index (χ0n) is 12.3. The van der Waals surface area contributed by atoms with E-state index in [4.69, 9.17) is 10.5 Å². The van der Waals surface area contributed by atoms with Crippen LogP contribution in [-0.2, 0) is 11.3 Å². The normalized spacial score (nSPS) is 13.0. The minimum atomic E-state index is -0.475. The highest BCUT2D eigenvalue weighted by Crippen LogP contribution is 2.14. The topological polar surface area (TPSA) is 77.2 Å². The molecule has 0 aliphatic rings. The smallest absolute Gasteiger partial charge is 0.237 e. The minimum absolute atomic E-state index is 0. The van der Waals surface area contributed by atoms with Gasteiger partial charge in [-0.15, -0.1) is 12.4 Å². The summed E-state index contributed by atoms with van der Waals surface area (Å²) in [5.41, 5.74) is 6.73. The van der Waals surface area contributed by atoms with Gasteiger partial charge in [0.25, 0.3) is 0 Å². The number of amides is 1. The molecule has 0 aliphatic heterocycles. The van der Waals surface area contributed by atoms with Gasteiger partial charge in [-0.2, -0.15) is 0 Å². The largest absolute Gasteiger partial charge is 0.478 e. The third kappa shape index (κ3) is 5.35. The molecule has 1 rings (SSSR count). The summed E-state index contributed by atoms with van der Waals surface area (Å²) in [5.74, 6) is 0.586. The fourth-order valence-corrected chi connectivity index (χ4v) is 1.64. The molecule has 0 aliphatic carbocycles. The van der Waals surface area contributed by atoms with E-state index in [0.29, 0.717) is 19.0 Å². The summed E-state index contributed by atoms with van der Waals surface area (Å²) >= 11 is 0. The molecule has 3 N–H and O–H groups in total. The number of nitrogens with zero attached hydrogens (tertiary/aromatic N) is 1. The summed E-state index contributed by atoms with van der Waals surface area (Å²) in [4.78, 5) is 16.0. The van der Waals surface area contributed by atoms with Crippen molar-refractivity contribution in [2.24, 2.45) is 11.7 Å². The van der Waals surface area contributed by atoms with Crippen molar-refractivity contribution in [3.63, 3.8) is 0 Å². The third-order valence-electron chi connectivity index (χ3n) is 3.14. The first-order valence-corrected chi connectivity index (χ1v) is 6.70. The van der Waals surface area contributed by atoms with Gasteiger partial charge in [0.2, 0.25) is 11.8 Å². The molecular formula is C14H24ClN3O2. The first kappa shape index (κ1) is 18.7. The van der Waals surface area contributed by atoms with Crippen molar-refractivity contribution < 1.29 is 9.53 Å². The molecule has 0 saturated carbocycles. The van der Waals surface area contributed by atoms with Gasteiger partial charge in [-0.1, -0.05) is 26.3 Å². The molecule has 0 fully saturated rings. The molecule has 0 bridgehead atoms. The third-order valence-corrected chi connectivity index (χ3v) is 3.14. The van der Waals surface area contributed by atoms with Crippen molar-refractivity contribution in [2.75, 3.05) is 6.61 Å². The number of nitrogens with one attached hydrogen (secondary N) is 1. The van der Waals surface area contributed by atoms with Crippen LogP contribution in [0, 0.1) is 5.92 Å². The lowest BCUT2D eigenvalue weighted by Gasteiger charge is -2.18. The molecule has 114 valence electrons. The van der Waals surface area contributed by atoms with Crippen LogP contribution >= 0.6 is 12.4 Å². The Morgan fingerprint density at radius 1 is 1.50 bits per heavy atom. The van der Waals surface area contributed by atoms with E-state index in [9.17, 15) is 4.79 Å². The van der Waals surface area contributed by atoms with E-state index in [1.807, 2.05) is 32.9 Å². The Labute approximate surface area is 126 Å². The Balaban J connectivity index is 0.00000361. The second kappa shape index (κ2) is 9.55. The van der Waals surface area contributed by atoms with Crippen LogP contribution in [0.3, 0.4) is 0 Å². The number of ether oxygens (including phenoxy) is 1. The Morgan fingerprint density at radius 3 is 2.80 bits per heavy atom. The van der Waals surface area contributed by atoms with Gasteiger partial charge in [-0.05, 0) is 18.9 Å². The van der Waals surface area contributed by atoms with Crippen LogP contribution in [0.25, 0.3) is 0 Å². The first-order valence-electron chi connectivity index (χ1n) is 6.70. The van der Waals surface area contributed by atoms with Gasteiger partial charge in [-0.25, -0.2) is 4.98 Å². The monoisotopic (exact) mass is 301 g/mol. The first-order chi connectivity index (χ1) is 9.10. The lowest BCUT2D eigenvalue weighted by atomic mass is 9.99. The number of rotatable bonds is 7.